The van der Waals surface area contributed by atoms with Gasteiger partial charge in [-0.3, -0.25) is 4.79 Å². The highest BCUT2D eigenvalue weighted by atomic mass is 16.7. The van der Waals surface area contributed by atoms with Crippen LogP contribution in [0.4, 0.5) is 10.6 Å². The van der Waals surface area contributed by atoms with E-state index < -0.39 is 17.1 Å². The molecule has 1 aliphatic carbocycles. The third-order valence-corrected chi connectivity index (χ3v) is 6.19. The number of alkyl carbamates (subject to hydrolysis) is 1. The monoisotopic (exact) mass is 487 g/mol. The molecule has 0 unspecified atom stereocenters. The molecule has 8 heteroatoms. The van der Waals surface area contributed by atoms with Gasteiger partial charge in [-0.05, 0) is 69.0 Å². The summed E-state index contributed by atoms with van der Waals surface area (Å²) < 4.78 is 16.1. The molecule has 36 heavy (non-hydrogen) atoms. The van der Waals surface area contributed by atoms with Gasteiger partial charge in [0, 0.05) is 12.1 Å². The number of amides is 2. The molecule has 1 aliphatic heterocycles. The lowest BCUT2D eigenvalue weighted by molar-refractivity contribution is -0.118. The van der Waals surface area contributed by atoms with Gasteiger partial charge in [0.2, 0.25) is 12.7 Å². The number of rotatable bonds is 6. The molecule has 2 aliphatic rings. The summed E-state index contributed by atoms with van der Waals surface area (Å²) in [5.41, 5.74) is 2.41. The minimum absolute atomic E-state index is 0.0745. The topological polar surface area (TPSA) is 98.8 Å². The van der Waals surface area contributed by atoms with E-state index in [1.807, 2.05) is 75.4 Å². The van der Waals surface area contributed by atoms with Gasteiger partial charge in [0.05, 0.1) is 11.1 Å². The lowest BCUT2D eigenvalue weighted by Crippen LogP contribution is -2.32. The highest BCUT2D eigenvalue weighted by molar-refractivity contribution is 6.01. The highest BCUT2D eigenvalue weighted by Gasteiger charge is 2.51. The van der Waals surface area contributed by atoms with Gasteiger partial charge < -0.3 is 24.8 Å². The number of anilines is 1. The van der Waals surface area contributed by atoms with Gasteiger partial charge >= 0.3 is 6.09 Å². The fourth-order valence-electron chi connectivity index (χ4n) is 4.15. The number of nitrogens with one attached hydrogen (secondary N) is 2. The smallest absolute Gasteiger partial charge is 0.407 e. The average molecular weight is 488 g/mol. The number of fused-ring (bicyclic) bond motifs is 1. The van der Waals surface area contributed by atoms with Crippen molar-refractivity contribution in [3.63, 3.8) is 0 Å². The Labute approximate surface area is 210 Å². The summed E-state index contributed by atoms with van der Waals surface area (Å²) in [6.45, 7) is 6.04. The molecule has 186 valence electrons. The van der Waals surface area contributed by atoms with Gasteiger partial charge in [-0.1, -0.05) is 36.4 Å². The van der Waals surface area contributed by atoms with E-state index in [0.717, 1.165) is 35.2 Å². The highest BCUT2D eigenvalue weighted by Crippen LogP contribution is 2.51. The third kappa shape index (κ3) is 5.12. The number of pyridine rings is 1. The Bertz CT molecular complexity index is 1290. The predicted molar refractivity (Wildman–Crippen MR) is 135 cm³/mol. The van der Waals surface area contributed by atoms with Crippen molar-refractivity contribution in [3.05, 3.63) is 71.8 Å². The molecule has 2 amide bonds. The number of carbonyl (C=O) groups is 2. The van der Waals surface area contributed by atoms with Gasteiger partial charge in [0.25, 0.3) is 0 Å². The molecular weight excluding hydrogens is 458 g/mol. The number of ether oxygens (including phenoxy) is 3. The first-order chi connectivity index (χ1) is 17.2. The molecule has 8 nitrogen and oxygen atoms in total. The zero-order valence-corrected chi connectivity index (χ0v) is 20.6. The van der Waals surface area contributed by atoms with E-state index in [1.54, 1.807) is 6.07 Å². The lowest BCUT2D eigenvalue weighted by Gasteiger charge is -2.19. The Kier molecular flexibility index (Phi) is 6.04. The summed E-state index contributed by atoms with van der Waals surface area (Å²) in [7, 11) is 0. The van der Waals surface area contributed by atoms with Gasteiger partial charge in [-0.15, -0.1) is 0 Å². The summed E-state index contributed by atoms with van der Waals surface area (Å²) in [5, 5.41) is 5.75. The molecule has 2 N–H and O–H groups in total. The van der Waals surface area contributed by atoms with E-state index in [4.69, 9.17) is 14.2 Å². The molecule has 5 rings (SSSR count). The maximum atomic E-state index is 13.2. The van der Waals surface area contributed by atoms with E-state index in [9.17, 15) is 9.59 Å². The van der Waals surface area contributed by atoms with Crippen molar-refractivity contribution >= 4 is 17.8 Å². The second kappa shape index (κ2) is 9.18. The zero-order valence-electron chi connectivity index (χ0n) is 20.6. The van der Waals surface area contributed by atoms with Crippen LogP contribution >= 0.6 is 0 Å². The van der Waals surface area contributed by atoms with Crippen molar-refractivity contribution in [2.24, 2.45) is 0 Å². The minimum atomic E-state index is -0.568. The van der Waals surface area contributed by atoms with Crippen LogP contribution in [0.2, 0.25) is 0 Å². The third-order valence-electron chi connectivity index (χ3n) is 6.19. The van der Waals surface area contributed by atoms with E-state index in [0.29, 0.717) is 23.9 Å². The molecule has 0 bridgehead atoms. The minimum Gasteiger partial charge on any atom is -0.454 e. The summed E-state index contributed by atoms with van der Waals surface area (Å²) in [4.78, 5) is 29.8. The van der Waals surface area contributed by atoms with Crippen LogP contribution in [0.1, 0.15) is 44.7 Å². The molecule has 2 heterocycles. The summed E-state index contributed by atoms with van der Waals surface area (Å²) >= 11 is 0. The molecule has 0 spiro atoms. The molecule has 0 saturated heterocycles. The summed E-state index contributed by atoms with van der Waals surface area (Å²) in [6.07, 6.45) is 1.10. The number of aromatic nitrogens is 1. The van der Waals surface area contributed by atoms with Gasteiger partial charge in [-0.25, -0.2) is 9.78 Å². The van der Waals surface area contributed by atoms with Crippen molar-refractivity contribution in [3.8, 4) is 22.8 Å². The number of hydrogen-bond acceptors (Lipinski definition) is 6. The second-order valence-corrected chi connectivity index (χ2v) is 10.1. The standard InChI is InChI=1S/C28H29N3O5/c1-27(2,3)36-26(33)29-16-18-7-9-19(10-8-18)21-5-4-6-24(30-21)31-25(32)28(13-14-28)20-11-12-22-23(15-20)35-17-34-22/h4-12,15H,13-14,16-17H2,1-3H3,(H,29,33)(H,30,31,32). The average Bonchev–Trinajstić information content (AvgIpc) is 3.53. The fraction of sp³-hybridized carbons (Fsp3) is 0.321. The number of hydrogen-bond donors (Lipinski definition) is 2. The van der Waals surface area contributed by atoms with Crippen LogP contribution in [-0.2, 0) is 21.5 Å². The van der Waals surface area contributed by atoms with E-state index in [2.05, 4.69) is 15.6 Å². The summed E-state index contributed by atoms with van der Waals surface area (Å²) in [5.74, 6) is 1.81. The van der Waals surface area contributed by atoms with E-state index in [-0.39, 0.29) is 12.7 Å². The maximum absolute atomic E-state index is 13.2. The predicted octanol–water partition coefficient (Wildman–Crippen LogP) is 5.17. The van der Waals surface area contributed by atoms with Crippen LogP contribution in [0.3, 0.4) is 0 Å². The molecule has 1 saturated carbocycles. The molecule has 3 aromatic rings. The quantitative estimate of drug-likeness (QED) is 0.498. The Morgan fingerprint density at radius 2 is 1.75 bits per heavy atom. The molecule has 0 atom stereocenters. The largest absolute Gasteiger partial charge is 0.454 e. The molecule has 2 aromatic carbocycles. The number of carbonyl (C=O) groups excluding carboxylic acids is 2. The van der Waals surface area contributed by atoms with E-state index in [1.165, 1.54) is 0 Å². The van der Waals surface area contributed by atoms with Gasteiger partial charge in [-0.2, -0.15) is 0 Å². The number of nitrogens with zero attached hydrogens (tertiary/aromatic N) is 1. The van der Waals surface area contributed by atoms with Crippen molar-refractivity contribution in [2.75, 3.05) is 12.1 Å². The van der Waals surface area contributed by atoms with Crippen LogP contribution in [0.5, 0.6) is 11.5 Å². The Morgan fingerprint density at radius 3 is 2.47 bits per heavy atom. The lowest BCUT2D eigenvalue weighted by atomic mass is 9.94. The van der Waals surface area contributed by atoms with Crippen LogP contribution in [-0.4, -0.2) is 29.4 Å². The van der Waals surface area contributed by atoms with Crippen molar-refractivity contribution in [2.45, 2.75) is 51.2 Å². The van der Waals surface area contributed by atoms with Crippen molar-refractivity contribution in [1.82, 2.24) is 10.3 Å². The first kappa shape index (κ1) is 23.7. The second-order valence-electron chi connectivity index (χ2n) is 10.1. The Balaban J connectivity index is 1.23. The van der Waals surface area contributed by atoms with Crippen LogP contribution < -0.4 is 20.1 Å². The summed E-state index contributed by atoms with van der Waals surface area (Å²) in [6, 6.07) is 19.0. The molecule has 1 aromatic heterocycles. The van der Waals surface area contributed by atoms with Gasteiger partial charge in [0.15, 0.2) is 11.5 Å². The molecular formula is C28H29N3O5. The van der Waals surface area contributed by atoms with Crippen LogP contribution in [0, 0.1) is 0 Å². The van der Waals surface area contributed by atoms with Crippen LogP contribution in [0.15, 0.2) is 60.7 Å². The maximum Gasteiger partial charge on any atom is 0.407 e. The van der Waals surface area contributed by atoms with E-state index >= 15 is 0 Å². The van der Waals surface area contributed by atoms with Crippen molar-refractivity contribution < 1.29 is 23.8 Å². The first-order valence-electron chi connectivity index (χ1n) is 12.0. The number of benzene rings is 2. The normalized spacial score (nSPS) is 15.2. The fourth-order valence-corrected chi connectivity index (χ4v) is 4.15. The first-order valence-corrected chi connectivity index (χ1v) is 12.0. The Morgan fingerprint density at radius 1 is 1.00 bits per heavy atom. The Hall–Kier alpha value is -4.07. The molecule has 0 radical (unpaired) electrons. The van der Waals surface area contributed by atoms with Crippen molar-refractivity contribution in [1.29, 1.82) is 0 Å². The zero-order chi connectivity index (χ0) is 25.3. The van der Waals surface area contributed by atoms with Crippen LogP contribution in [0.25, 0.3) is 11.3 Å². The molecule has 1 fully saturated rings. The SMILES string of the molecule is CC(C)(C)OC(=O)NCc1ccc(-c2cccc(NC(=O)C3(c4ccc5c(c4)OCO5)CC3)n2)cc1. The van der Waals surface area contributed by atoms with Gasteiger partial charge in [0.1, 0.15) is 11.4 Å².